The van der Waals surface area contributed by atoms with Gasteiger partial charge in [-0.25, -0.2) is 13.1 Å². The number of aliphatic imine (C=N–C) groups is 1. The molecule has 1 aliphatic heterocycles. The van der Waals surface area contributed by atoms with Gasteiger partial charge in [0.25, 0.3) is 0 Å². The Balaban J connectivity index is 0.00000300. The second-order valence-electron chi connectivity index (χ2n) is 8.41. The minimum Gasteiger partial charge on any atom is -0.352 e. The molecule has 2 N–H and O–H groups in total. The van der Waals surface area contributed by atoms with Crippen LogP contribution in [0.15, 0.2) is 29.3 Å². The Morgan fingerprint density at radius 2 is 1.72 bits per heavy atom. The summed E-state index contributed by atoms with van der Waals surface area (Å²) in [7, 11) is -1.52. The number of halogens is 1. The van der Waals surface area contributed by atoms with Crippen LogP contribution in [0.1, 0.15) is 50.7 Å². The van der Waals surface area contributed by atoms with Crippen LogP contribution in [0.4, 0.5) is 0 Å². The Morgan fingerprint density at radius 3 is 2.28 bits per heavy atom. The number of nitrogens with zero attached hydrogens (tertiary/aromatic N) is 2. The minimum atomic E-state index is -3.35. The molecule has 2 atom stereocenters. The van der Waals surface area contributed by atoms with E-state index >= 15 is 0 Å². The van der Waals surface area contributed by atoms with E-state index in [-0.39, 0.29) is 35.8 Å². The zero-order chi connectivity index (χ0) is 20.1. The highest BCUT2D eigenvalue weighted by Gasteiger charge is 2.35. The third-order valence-corrected chi connectivity index (χ3v) is 7.33. The summed E-state index contributed by atoms with van der Waals surface area (Å²) in [6.07, 6.45) is 5.38. The highest BCUT2D eigenvalue weighted by atomic mass is 127. The molecule has 1 aliphatic carbocycles. The van der Waals surface area contributed by atoms with Crippen LogP contribution in [0.25, 0.3) is 0 Å². The SMILES string of the molecule is CN=C(NCc1ccccc1CS(=O)(=O)NC(C)C)N1CC2CCCCC2C1.I. The van der Waals surface area contributed by atoms with Crippen LogP contribution >= 0.6 is 24.0 Å². The molecule has 0 bridgehead atoms. The summed E-state index contributed by atoms with van der Waals surface area (Å²) in [6, 6.07) is 7.63. The number of likely N-dealkylation sites (tertiary alicyclic amines) is 1. The predicted octanol–water partition coefficient (Wildman–Crippen LogP) is 3.33. The molecular weight excluding hydrogens is 499 g/mol. The topological polar surface area (TPSA) is 73.8 Å². The van der Waals surface area contributed by atoms with Gasteiger partial charge < -0.3 is 10.2 Å². The van der Waals surface area contributed by atoms with Gasteiger partial charge in [0.15, 0.2) is 5.96 Å². The van der Waals surface area contributed by atoms with E-state index in [1.165, 1.54) is 25.7 Å². The standard InChI is InChI=1S/C21H34N4O2S.HI/c1-16(2)24-28(26,27)15-20-11-7-4-8-17(20)12-23-21(22-3)25-13-18-9-5-6-10-19(18)14-25;/h4,7-8,11,16,18-19,24H,5-6,9-10,12-15H2,1-3H3,(H,22,23);1H. The van der Waals surface area contributed by atoms with Crippen molar-refractivity contribution in [3.8, 4) is 0 Å². The zero-order valence-corrected chi connectivity index (χ0v) is 20.9. The van der Waals surface area contributed by atoms with Crippen molar-refractivity contribution in [2.75, 3.05) is 20.1 Å². The molecule has 1 aromatic carbocycles. The number of benzene rings is 1. The largest absolute Gasteiger partial charge is 0.352 e. The number of fused-ring (bicyclic) bond motifs is 1. The molecule has 0 radical (unpaired) electrons. The number of hydrogen-bond acceptors (Lipinski definition) is 3. The Kier molecular flexibility index (Phi) is 9.21. The second kappa shape index (κ2) is 10.9. The van der Waals surface area contributed by atoms with Gasteiger partial charge in [-0.2, -0.15) is 0 Å². The maximum atomic E-state index is 12.3. The van der Waals surface area contributed by atoms with Crippen molar-refractivity contribution in [2.24, 2.45) is 16.8 Å². The molecule has 2 fully saturated rings. The summed E-state index contributed by atoms with van der Waals surface area (Å²) in [6.45, 7) is 6.41. The fraction of sp³-hybridized carbons (Fsp3) is 0.667. The average molecular weight is 535 g/mol. The van der Waals surface area contributed by atoms with Crippen LogP contribution in [0, 0.1) is 11.8 Å². The second-order valence-corrected chi connectivity index (χ2v) is 10.2. The number of hydrogen-bond donors (Lipinski definition) is 2. The summed E-state index contributed by atoms with van der Waals surface area (Å²) < 4.78 is 27.4. The monoisotopic (exact) mass is 534 g/mol. The van der Waals surface area contributed by atoms with Gasteiger partial charge in [-0.05, 0) is 49.7 Å². The number of rotatable bonds is 6. The van der Waals surface area contributed by atoms with Crippen molar-refractivity contribution < 1.29 is 8.42 Å². The van der Waals surface area contributed by atoms with Gasteiger partial charge in [-0.3, -0.25) is 4.99 Å². The average Bonchev–Trinajstić information content (AvgIpc) is 3.06. The highest BCUT2D eigenvalue weighted by Crippen LogP contribution is 2.35. The lowest BCUT2D eigenvalue weighted by Crippen LogP contribution is -2.40. The van der Waals surface area contributed by atoms with E-state index in [2.05, 4.69) is 19.9 Å². The smallest absolute Gasteiger partial charge is 0.216 e. The molecule has 8 heteroatoms. The maximum absolute atomic E-state index is 12.3. The zero-order valence-electron chi connectivity index (χ0n) is 17.7. The van der Waals surface area contributed by atoms with E-state index < -0.39 is 10.0 Å². The normalized spacial score (nSPS) is 22.3. The molecule has 0 amide bonds. The van der Waals surface area contributed by atoms with E-state index in [9.17, 15) is 8.42 Å². The van der Waals surface area contributed by atoms with E-state index in [1.54, 1.807) is 0 Å². The van der Waals surface area contributed by atoms with Gasteiger partial charge in [0.05, 0.1) is 5.75 Å². The summed E-state index contributed by atoms with van der Waals surface area (Å²) in [5.74, 6) is 2.52. The molecule has 0 spiro atoms. The molecule has 2 aliphatic rings. The number of nitrogens with one attached hydrogen (secondary N) is 2. The Morgan fingerprint density at radius 1 is 1.14 bits per heavy atom. The van der Waals surface area contributed by atoms with Crippen LogP contribution < -0.4 is 10.0 Å². The van der Waals surface area contributed by atoms with E-state index in [0.29, 0.717) is 6.54 Å². The molecule has 29 heavy (non-hydrogen) atoms. The Labute approximate surface area is 193 Å². The molecule has 1 saturated carbocycles. The van der Waals surface area contributed by atoms with Crippen LogP contribution in [0.3, 0.4) is 0 Å². The van der Waals surface area contributed by atoms with Crippen molar-refractivity contribution in [1.82, 2.24) is 14.9 Å². The van der Waals surface area contributed by atoms with Crippen molar-refractivity contribution in [1.29, 1.82) is 0 Å². The number of sulfonamides is 1. The number of guanidine groups is 1. The van der Waals surface area contributed by atoms with E-state index in [0.717, 1.165) is 42.0 Å². The lowest BCUT2D eigenvalue weighted by atomic mass is 9.82. The molecule has 1 aromatic rings. The minimum absolute atomic E-state index is 0. The van der Waals surface area contributed by atoms with E-state index in [1.807, 2.05) is 45.2 Å². The molecule has 3 rings (SSSR count). The van der Waals surface area contributed by atoms with Gasteiger partial charge in [0.2, 0.25) is 10.0 Å². The van der Waals surface area contributed by atoms with Crippen LogP contribution in [-0.4, -0.2) is 45.5 Å². The fourth-order valence-electron chi connectivity index (χ4n) is 4.56. The molecule has 0 aromatic heterocycles. The van der Waals surface area contributed by atoms with Crippen molar-refractivity contribution >= 4 is 40.0 Å². The lowest BCUT2D eigenvalue weighted by molar-refractivity contribution is 0.299. The summed E-state index contributed by atoms with van der Waals surface area (Å²) in [4.78, 5) is 6.86. The van der Waals surface area contributed by atoms with Crippen molar-refractivity contribution in [3.05, 3.63) is 35.4 Å². The first-order chi connectivity index (χ1) is 13.4. The third kappa shape index (κ3) is 6.82. The Bertz CT molecular complexity index is 784. The Hall–Kier alpha value is -0.870. The van der Waals surface area contributed by atoms with Crippen LogP contribution in [-0.2, 0) is 22.3 Å². The first-order valence-corrected chi connectivity index (χ1v) is 12.1. The first-order valence-electron chi connectivity index (χ1n) is 10.4. The molecule has 6 nitrogen and oxygen atoms in total. The lowest BCUT2D eigenvalue weighted by Gasteiger charge is -2.22. The van der Waals surface area contributed by atoms with Gasteiger partial charge >= 0.3 is 0 Å². The van der Waals surface area contributed by atoms with Gasteiger partial charge in [-0.15, -0.1) is 24.0 Å². The fourth-order valence-corrected chi connectivity index (χ4v) is 6.05. The van der Waals surface area contributed by atoms with Crippen molar-refractivity contribution in [2.45, 2.75) is 57.9 Å². The maximum Gasteiger partial charge on any atom is 0.216 e. The summed E-state index contributed by atoms with van der Waals surface area (Å²) in [5, 5.41) is 3.46. The van der Waals surface area contributed by atoms with Gasteiger partial charge in [-0.1, -0.05) is 37.1 Å². The molecule has 2 unspecified atom stereocenters. The van der Waals surface area contributed by atoms with Gasteiger partial charge in [0.1, 0.15) is 0 Å². The predicted molar refractivity (Wildman–Crippen MR) is 130 cm³/mol. The van der Waals surface area contributed by atoms with Gasteiger partial charge in [0, 0.05) is 32.7 Å². The summed E-state index contributed by atoms with van der Waals surface area (Å²) >= 11 is 0. The molecule has 1 heterocycles. The quantitative estimate of drug-likeness (QED) is 0.334. The molecular formula is C21H35IN4O2S. The van der Waals surface area contributed by atoms with Crippen LogP contribution in [0.5, 0.6) is 0 Å². The first kappa shape index (κ1) is 24.4. The van der Waals surface area contributed by atoms with Crippen molar-refractivity contribution in [3.63, 3.8) is 0 Å². The molecule has 1 saturated heterocycles. The highest BCUT2D eigenvalue weighted by molar-refractivity contribution is 14.0. The third-order valence-electron chi connectivity index (χ3n) is 5.80. The summed E-state index contributed by atoms with van der Waals surface area (Å²) in [5.41, 5.74) is 1.82. The molecule has 164 valence electrons. The van der Waals surface area contributed by atoms with Crippen LogP contribution in [0.2, 0.25) is 0 Å². The van der Waals surface area contributed by atoms with E-state index in [4.69, 9.17) is 0 Å².